The van der Waals surface area contributed by atoms with E-state index in [-0.39, 0.29) is 28.7 Å². The molecule has 0 amide bonds. The first kappa shape index (κ1) is 17.5. The molecule has 8 heteroatoms. The van der Waals surface area contributed by atoms with Gasteiger partial charge >= 0.3 is 0 Å². The zero-order valence-corrected chi connectivity index (χ0v) is 15.6. The van der Waals surface area contributed by atoms with Gasteiger partial charge in [0.15, 0.2) is 5.96 Å². The average molecular weight is 410 g/mol. The van der Waals surface area contributed by atoms with Crippen molar-refractivity contribution in [3.05, 3.63) is 12.2 Å². The average Bonchev–Trinajstić information content (AvgIpc) is 2.75. The monoisotopic (exact) mass is 410 g/mol. The van der Waals surface area contributed by atoms with Gasteiger partial charge in [0.2, 0.25) is 0 Å². The molecule has 0 radical (unpaired) electrons. The molecule has 114 valence electrons. The first-order chi connectivity index (χ1) is 9.02. The number of aliphatic imine (C=N–C) groups is 1. The van der Waals surface area contributed by atoms with E-state index >= 15 is 0 Å². The molecule has 0 bridgehead atoms. The molecule has 1 aromatic heterocycles. The lowest BCUT2D eigenvalue weighted by molar-refractivity contribution is 0.375. The van der Waals surface area contributed by atoms with Crippen LogP contribution in [0.1, 0.15) is 19.7 Å². The number of hydrogen-bond donors (Lipinski definition) is 1. The Kier molecular flexibility index (Phi) is 6.56. The van der Waals surface area contributed by atoms with Crippen LogP contribution in [0.2, 0.25) is 0 Å². The lowest BCUT2D eigenvalue weighted by atomic mass is 10.2. The molecule has 1 aliphatic rings. The van der Waals surface area contributed by atoms with E-state index in [0.29, 0.717) is 6.54 Å². The maximum Gasteiger partial charge on any atom is 0.194 e. The van der Waals surface area contributed by atoms with Crippen molar-refractivity contribution in [3.8, 4) is 0 Å². The Morgan fingerprint density at radius 1 is 1.55 bits per heavy atom. The van der Waals surface area contributed by atoms with Crippen LogP contribution in [0.3, 0.4) is 0 Å². The second kappa shape index (κ2) is 7.48. The van der Waals surface area contributed by atoms with E-state index < -0.39 is 0 Å². The van der Waals surface area contributed by atoms with Crippen molar-refractivity contribution in [3.63, 3.8) is 0 Å². The summed E-state index contributed by atoms with van der Waals surface area (Å²) in [5.74, 6) is 2.99. The predicted molar refractivity (Wildman–Crippen MR) is 94.7 cm³/mol. The highest BCUT2D eigenvalue weighted by atomic mass is 127. The highest BCUT2D eigenvalue weighted by molar-refractivity contribution is 14.0. The van der Waals surface area contributed by atoms with Crippen molar-refractivity contribution in [2.45, 2.75) is 25.1 Å². The number of hydrogen-bond acceptors (Lipinski definition) is 4. The van der Waals surface area contributed by atoms with Gasteiger partial charge in [-0.2, -0.15) is 16.9 Å². The fraction of sp³-hybridized carbons (Fsp3) is 0.750. The summed E-state index contributed by atoms with van der Waals surface area (Å²) < 4.78 is 2.05. The van der Waals surface area contributed by atoms with Crippen LogP contribution in [0.4, 0.5) is 0 Å². The second-order valence-electron chi connectivity index (χ2n) is 5.23. The number of nitrogens with zero attached hydrogens (tertiary/aromatic N) is 5. The first-order valence-electron chi connectivity index (χ1n) is 6.44. The minimum Gasteiger partial charge on any atom is -0.349 e. The van der Waals surface area contributed by atoms with E-state index in [0.717, 1.165) is 30.6 Å². The predicted octanol–water partition coefficient (Wildman–Crippen LogP) is 1.34. The van der Waals surface area contributed by atoms with Gasteiger partial charge in [0, 0.05) is 37.7 Å². The van der Waals surface area contributed by atoms with E-state index in [1.165, 1.54) is 0 Å². The van der Waals surface area contributed by atoms with Gasteiger partial charge in [0.05, 0.1) is 6.54 Å². The third kappa shape index (κ3) is 4.51. The quantitative estimate of drug-likeness (QED) is 0.453. The fourth-order valence-electron chi connectivity index (χ4n) is 2.17. The zero-order valence-electron chi connectivity index (χ0n) is 12.5. The Morgan fingerprint density at radius 2 is 2.30 bits per heavy atom. The lowest BCUT2D eigenvalue weighted by Crippen LogP contribution is -2.50. The molecule has 1 fully saturated rings. The van der Waals surface area contributed by atoms with E-state index in [1.807, 2.05) is 25.9 Å². The van der Waals surface area contributed by atoms with Gasteiger partial charge in [-0.15, -0.1) is 24.0 Å². The van der Waals surface area contributed by atoms with Crippen molar-refractivity contribution in [2.75, 3.05) is 25.9 Å². The minimum atomic E-state index is 0. The Labute approximate surface area is 141 Å². The lowest BCUT2D eigenvalue weighted by Gasteiger charge is -2.39. The number of thioether (sulfide) groups is 1. The number of aryl methyl sites for hydroxylation is 1. The second-order valence-corrected chi connectivity index (χ2v) is 7.03. The van der Waals surface area contributed by atoms with Gasteiger partial charge in [-0.1, -0.05) is 0 Å². The van der Waals surface area contributed by atoms with Gasteiger partial charge in [0.1, 0.15) is 12.2 Å². The third-order valence-corrected chi connectivity index (χ3v) is 4.44. The van der Waals surface area contributed by atoms with Crippen LogP contribution in [0.15, 0.2) is 11.3 Å². The summed E-state index contributed by atoms with van der Waals surface area (Å²) >= 11 is 2.02. The molecule has 20 heavy (non-hydrogen) atoms. The Balaban J connectivity index is 0.00000200. The molecule has 6 nitrogen and oxygen atoms in total. The first-order valence-corrected chi connectivity index (χ1v) is 7.43. The van der Waals surface area contributed by atoms with Crippen LogP contribution >= 0.6 is 35.7 Å². The molecule has 1 aliphatic heterocycles. The molecule has 1 aromatic rings. The maximum atomic E-state index is 4.37. The van der Waals surface area contributed by atoms with Crippen molar-refractivity contribution in [1.82, 2.24) is 25.0 Å². The zero-order chi connectivity index (χ0) is 13.9. The molecular formula is C12H23IN6S. The maximum absolute atomic E-state index is 4.37. The summed E-state index contributed by atoms with van der Waals surface area (Å²) in [5, 5.41) is 7.43. The summed E-state index contributed by atoms with van der Waals surface area (Å²) in [6.07, 6.45) is 1.57. The Morgan fingerprint density at radius 3 is 2.85 bits per heavy atom. The molecule has 1 N–H and O–H groups in total. The standard InChI is InChI=1S/C12H22N6S.HI/c1-12(2)8-18(5-6-19-12)11(13-3)14-7-10-15-9-16-17(10)4;/h9H,5-8H2,1-4H3,(H,13,14);1H. The van der Waals surface area contributed by atoms with Gasteiger partial charge in [-0.25, -0.2) is 4.98 Å². The molecule has 0 aromatic carbocycles. The fourth-order valence-corrected chi connectivity index (χ4v) is 3.28. The van der Waals surface area contributed by atoms with Crippen LogP contribution in [0.25, 0.3) is 0 Å². The number of guanidine groups is 1. The Bertz CT molecular complexity index is 459. The molecular weight excluding hydrogens is 387 g/mol. The van der Waals surface area contributed by atoms with E-state index in [4.69, 9.17) is 0 Å². The largest absolute Gasteiger partial charge is 0.349 e. The highest BCUT2D eigenvalue weighted by Crippen LogP contribution is 2.29. The van der Waals surface area contributed by atoms with Crippen molar-refractivity contribution in [1.29, 1.82) is 0 Å². The molecule has 0 spiro atoms. The van der Waals surface area contributed by atoms with Gasteiger partial charge in [-0.3, -0.25) is 9.67 Å². The number of nitrogens with one attached hydrogen (secondary N) is 1. The molecule has 0 aliphatic carbocycles. The minimum absolute atomic E-state index is 0. The van der Waals surface area contributed by atoms with Crippen LogP contribution < -0.4 is 5.32 Å². The SMILES string of the molecule is CN=C(NCc1ncnn1C)N1CCSC(C)(C)C1.I. The summed E-state index contributed by atoms with van der Waals surface area (Å²) in [7, 11) is 3.72. The van der Waals surface area contributed by atoms with E-state index in [2.05, 4.69) is 39.1 Å². The van der Waals surface area contributed by atoms with Crippen LogP contribution in [0.5, 0.6) is 0 Å². The Hall–Kier alpha value is -0.510. The molecule has 2 rings (SSSR count). The summed E-state index contributed by atoms with van der Waals surface area (Å²) in [4.78, 5) is 10.9. The van der Waals surface area contributed by atoms with E-state index in [9.17, 15) is 0 Å². The summed E-state index contributed by atoms with van der Waals surface area (Å²) in [6.45, 7) is 7.25. The summed E-state index contributed by atoms with van der Waals surface area (Å²) in [5.41, 5.74) is 0. The van der Waals surface area contributed by atoms with Crippen molar-refractivity contribution in [2.24, 2.45) is 12.0 Å². The molecule has 0 unspecified atom stereocenters. The van der Waals surface area contributed by atoms with Gasteiger partial charge in [0.25, 0.3) is 0 Å². The van der Waals surface area contributed by atoms with Crippen LogP contribution in [0, 0.1) is 0 Å². The molecule has 2 heterocycles. The third-order valence-electron chi connectivity index (χ3n) is 3.15. The van der Waals surface area contributed by atoms with E-state index in [1.54, 1.807) is 11.0 Å². The van der Waals surface area contributed by atoms with Crippen LogP contribution in [-0.4, -0.2) is 56.3 Å². The topological polar surface area (TPSA) is 58.3 Å². The smallest absolute Gasteiger partial charge is 0.194 e. The number of aromatic nitrogens is 3. The van der Waals surface area contributed by atoms with Crippen molar-refractivity contribution >= 4 is 41.7 Å². The summed E-state index contributed by atoms with van der Waals surface area (Å²) in [6, 6.07) is 0. The van der Waals surface area contributed by atoms with Gasteiger partial charge < -0.3 is 10.2 Å². The molecule has 0 saturated carbocycles. The van der Waals surface area contributed by atoms with Crippen molar-refractivity contribution < 1.29 is 0 Å². The van der Waals surface area contributed by atoms with Crippen LogP contribution in [-0.2, 0) is 13.6 Å². The normalized spacial score (nSPS) is 18.6. The molecule has 0 atom stereocenters. The number of halogens is 1. The highest BCUT2D eigenvalue weighted by Gasteiger charge is 2.28. The number of rotatable bonds is 2. The molecule has 1 saturated heterocycles. The van der Waals surface area contributed by atoms with Gasteiger partial charge in [-0.05, 0) is 13.8 Å².